The van der Waals surface area contributed by atoms with Gasteiger partial charge in [0.1, 0.15) is 5.82 Å². The molecule has 0 amide bonds. The lowest BCUT2D eigenvalue weighted by Crippen LogP contribution is -2.02. The molecule has 110 valence electrons. The molecule has 22 heavy (non-hydrogen) atoms. The molecule has 2 aromatic carbocycles. The van der Waals surface area contributed by atoms with Crippen LogP contribution in [0, 0.1) is 5.82 Å². The Bertz CT molecular complexity index is 779. The molecule has 1 heterocycles. The van der Waals surface area contributed by atoms with Gasteiger partial charge in [-0.05, 0) is 52.3 Å². The minimum Gasteiger partial charge on any atom is -0.339 e. The number of benzene rings is 2. The molecule has 0 saturated heterocycles. The van der Waals surface area contributed by atoms with E-state index in [9.17, 15) is 4.39 Å². The molecule has 0 unspecified atom stereocenters. The third-order valence-electron chi connectivity index (χ3n) is 2.80. The zero-order valence-corrected chi connectivity index (χ0v) is 12.9. The Morgan fingerprint density at radius 1 is 0.955 bits per heavy atom. The summed E-state index contributed by atoms with van der Waals surface area (Å²) in [5.74, 6) is 0.581. The normalized spacial score (nSPS) is 10.3. The summed E-state index contributed by atoms with van der Waals surface area (Å²) in [6.07, 6.45) is 1.49. The van der Waals surface area contributed by atoms with E-state index in [1.807, 2.05) is 24.3 Å². The molecule has 0 aliphatic heterocycles. The molecule has 0 radical (unpaired) electrons. The highest BCUT2D eigenvalue weighted by Gasteiger charge is 2.04. The minimum atomic E-state index is -0.289. The van der Waals surface area contributed by atoms with Gasteiger partial charge < -0.3 is 10.6 Å². The van der Waals surface area contributed by atoms with Crippen molar-refractivity contribution in [1.82, 2.24) is 15.2 Å². The number of rotatable bonds is 4. The molecule has 0 spiro atoms. The van der Waals surface area contributed by atoms with Gasteiger partial charge in [0.05, 0.1) is 11.9 Å². The predicted molar refractivity (Wildman–Crippen MR) is 86.9 cm³/mol. The van der Waals surface area contributed by atoms with E-state index in [4.69, 9.17) is 0 Å². The van der Waals surface area contributed by atoms with Crippen molar-refractivity contribution in [2.75, 3.05) is 10.6 Å². The van der Waals surface area contributed by atoms with Crippen LogP contribution in [0.2, 0.25) is 0 Å². The molecule has 0 aliphatic carbocycles. The summed E-state index contributed by atoms with van der Waals surface area (Å²) >= 11 is 3.44. The highest BCUT2D eigenvalue weighted by atomic mass is 79.9. The summed E-state index contributed by atoms with van der Waals surface area (Å²) in [6, 6.07) is 13.6. The summed E-state index contributed by atoms with van der Waals surface area (Å²) < 4.78 is 13.8. The number of nitrogens with one attached hydrogen (secondary N) is 2. The lowest BCUT2D eigenvalue weighted by Gasteiger charge is -2.08. The van der Waals surface area contributed by atoms with Crippen LogP contribution in [0.25, 0.3) is 0 Å². The standard InChI is InChI=1S/C15H11BrFN5/c16-12-3-1-2-4-13(12)20-15-21-14(9-18-22-15)19-11-7-5-10(17)6-8-11/h1-9H,(H2,19,20,21,22). The number of halogens is 2. The SMILES string of the molecule is Fc1ccc(Nc2cnnc(Nc3ccccc3Br)n2)cc1. The quantitative estimate of drug-likeness (QED) is 0.728. The molecule has 1 aromatic heterocycles. The van der Waals surface area contributed by atoms with Crippen LogP contribution in [-0.2, 0) is 0 Å². The van der Waals surface area contributed by atoms with E-state index in [-0.39, 0.29) is 5.82 Å². The first-order chi connectivity index (χ1) is 10.7. The summed E-state index contributed by atoms with van der Waals surface area (Å²) in [7, 11) is 0. The maximum Gasteiger partial charge on any atom is 0.249 e. The van der Waals surface area contributed by atoms with E-state index in [1.54, 1.807) is 12.1 Å². The van der Waals surface area contributed by atoms with Crippen molar-refractivity contribution < 1.29 is 4.39 Å². The zero-order valence-electron chi connectivity index (χ0n) is 11.3. The van der Waals surface area contributed by atoms with E-state index < -0.39 is 0 Å². The van der Waals surface area contributed by atoms with E-state index in [0.717, 1.165) is 10.2 Å². The second-order valence-electron chi connectivity index (χ2n) is 4.40. The highest BCUT2D eigenvalue weighted by Crippen LogP contribution is 2.24. The first kappa shape index (κ1) is 14.4. The minimum absolute atomic E-state index is 0.289. The molecule has 3 aromatic rings. The van der Waals surface area contributed by atoms with Gasteiger partial charge in [0.25, 0.3) is 0 Å². The van der Waals surface area contributed by atoms with Crippen molar-refractivity contribution in [3.63, 3.8) is 0 Å². The van der Waals surface area contributed by atoms with Gasteiger partial charge in [0.2, 0.25) is 5.95 Å². The van der Waals surface area contributed by atoms with E-state index in [2.05, 4.69) is 41.7 Å². The van der Waals surface area contributed by atoms with Crippen LogP contribution in [0.4, 0.5) is 27.5 Å². The van der Waals surface area contributed by atoms with Gasteiger partial charge in [-0.25, -0.2) is 4.39 Å². The third-order valence-corrected chi connectivity index (χ3v) is 3.49. The van der Waals surface area contributed by atoms with Gasteiger partial charge in [-0.1, -0.05) is 12.1 Å². The Hall–Kier alpha value is -2.54. The Kier molecular flexibility index (Phi) is 4.24. The average Bonchev–Trinajstić information content (AvgIpc) is 2.52. The Balaban J connectivity index is 1.78. The van der Waals surface area contributed by atoms with Crippen LogP contribution in [0.5, 0.6) is 0 Å². The smallest absolute Gasteiger partial charge is 0.249 e. The largest absolute Gasteiger partial charge is 0.339 e. The summed E-state index contributed by atoms with van der Waals surface area (Å²) in [5, 5.41) is 14.0. The van der Waals surface area contributed by atoms with Crippen molar-refractivity contribution in [2.24, 2.45) is 0 Å². The van der Waals surface area contributed by atoms with Gasteiger partial charge in [0.15, 0.2) is 5.82 Å². The number of aromatic nitrogens is 3. The van der Waals surface area contributed by atoms with Gasteiger partial charge >= 0.3 is 0 Å². The van der Waals surface area contributed by atoms with Crippen LogP contribution in [0.1, 0.15) is 0 Å². The Morgan fingerprint density at radius 3 is 2.50 bits per heavy atom. The molecular formula is C15H11BrFN5. The van der Waals surface area contributed by atoms with Gasteiger partial charge in [0, 0.05) is 10.2 Å². The first-order valence-electron chi connectivity index (χ1n) is 6.44. The topological polar surface area (TPSA) is 62.7 Å². The fourth-order valence-electron chi connectivity index (χ4n) is 1.78. The van der Waals surface area contributed by atoms with Crippen molar-refractivity contribution in [3.05, 3.63) is 65.0 Å². The maximum atomic E-state index is 12.9. The van der Waals surface area contributed by atoms with Crippen LogP contribution >= 0.6 is 15.9 Å². The molecule has 0 atom stereocenters. The van der Waals surface area contributed by atoms with Crippen LogP contribution < -0.4 is 10.6 Å². The fourth-order valence-corrected chi connectivity index (χ4v) is 2.16. The van der Waals surface area contributed by atoms with Crippen LogP contribution in [0.15, 0.2) is 59.2 Å². The van der Waals surface area contributed by atoms with Crippen molar-refractivity contribution in [3.8, 4) is 0 Å². The number of hydrogen-bond donors (Lipinski definition) is 2. The molecule has 0 saturated carbocycles. The van der Waals surface area contributed by atoms with Crippen molar-refractivity contribution in [2.45, 2.75) is 0 Å². The molecule has 3 rings (SSSR count). The second-order valence-corrected chi connectivity index (χ2v) is 5.26. The van der Waals surface area contributed by atoms with Gasteiger partial charge in [-0.3, -0.25) is 0 Å². The molecule has 0 fully saturated rings. The molecule has 0 bridgehead atoms. The molecular weight excluding hydrogens is 349 g/mol. The molecule has 7 heteroatoms. The lowest BCUT2D eigenvalue weighted by molar-refractivity contribution is 0.628. The summed E-state index contributed by atoms with van der Waals surface area (Å²) in [6.45, 7) is 0. The van der Waals surface area contributed by atoms with Crippen molar-refractivity contribution >= 4 is 39.1 Å². The highest BCUT2D eigenvalue weighted by molar-refractivity contribution is 9.10. The van der Waals surface area contributed by atoms with Crippen LogP contribution in [-0.4, -0.2) is 15.2 Å². The van der Waals surface area contributed by atoms with Gasteiger partial charge in [-0.2, -0.15) is 10.1 Å². The van der Waals surface area contributed by atoms with Gasteiger partial charge in [-0.15, -0.1) is 5.10 Å². The second kappa shape index (κ2) is 6.48. The lowest BCUT2D eigenvalue weighted by atomic mass is 10.3. The predicted octanol–water partition coefficient (Wildman–Crippen LogP) is 4.26. The fraction of sp³-hybridized carbons (Fsp3) is 0. The Labute approximate surface area is 134 Å². The summed E-state index contributed by atoms with van der Waals surface area (Å²) in [4.78, 5) is 4.32. The maximum absolute atomic E-state index is 12.9. The van der Waals surface area contributed by atoms with E-state index >= 15 is 0 Å². The van der Waals surface area contributed by atoms with Crippen molar-refractivity contribution in [1.29, 1.82) is 0 Å². The molecule has 2 N–H and O–H groups in total. The molecule has 5 nitrogen and oxygen atoms in total. The van der Waals surface area contributed by atoms with Crippen LogP contribution in [0.3, 0.4) is 0 Å². The number of anilines is 4. The third kappa shape index (κ3) is 3.56. The first-order valence-corrected chi connectivity index (χ1v) is 7.24. The summed E-state index contributed by atoms with van der Waals surface area (Å²) in [5.41, 5.74) is 1.55. The Morgan fingerprint density at radius 2 is 1.73 bits per heavy atom. The number of nitrogens with zero attached hydrogens (tertiary/aromatic N) is 3. The number of hydrogen-bond acceptors (Lipinski definition) is 5. The zero-order chi connectivity index (χ0) is 15.4. The average molecular weight is 360 g/mol. The molecule has 0 aliphatic rings. The van der Waals surface area contributed by atoms with E-state index in [0.29, 0.717) is 17.5 Å². The monoisotopic (exact) mass is 359 g/mol. The van der Waals surface area contributed by atoms with E-state index in [1.165, 1.54) is 18.3 Å². The number of para-hydroxylation sites is 1.